The molecule has 0 saturated carbocycles. The van der Waals surface area contributed by atoms with Crippen molar-refractivity contribution >= 4 is 17.4 Å². The molecule has 1 aromatic rings. The number of aryl methyl sites for hydroxylation is 1. The summed E-state index contributed by atoms with van der Waals surface area (Å²) in [5.74, 6) is 2.57. The van der Waals surface area contributed by atoms with Gasteiger partial charge < -0.3 is 5.32 Å². The maximum Gasteiger partial charge on any atom is 0.0340 e. The zero-order chi connectivity index (χ0) is 12.1. The second-order valence-corrected chi connectivity index (χ2v) is 5.90. The molecule has 2 nitrogen and oxygen atoms in total. The van der Waals surface area contributed by atoms with Crippen molar-refractivity contribution in [1.82, 2.24) is 4.90 Å². The maximum absolute atomic E-state index is 3.49. The van der Waals surface area contributed by atoms with E-state index in [1.54, 1.807) is 0 Å². The molecule has 0 aromatic heterocycles. The fraction of sp³-hybridized carbons (Fsp3) is 0.571. The van der Waals surface area contributed by atoms with Crippen molar-refractivity contribution in [3.05, 3.63) is 29.8 Å². The highest BCUT2D eigenvalue weighted by Gasteiger charge is 2.17. The van der Waals surface area contributed by atoms with E-state index in [-0.39, 0.29) is 0 Å². The third-order valence-corrected chi connectivity index (χ3v) is 4.47. The second-order valence-electron chi connectivity index (χ2n) is 4.75. The van der Waals surface area contributed by atoms with Gasteiger partial charge in [-0.2, -0.15) is 11.8 Å². The standard InChI is InChI=1S/C14H22N2S/c1-12-3-5-14(6-4-12)15-7-8-16-9-10-17-11-13(16)2/h3-6,13,15H,7-11H2,1-2H3. The van der Waals surface area contributed by atoms with Gasteiger partial charge in [0.1, 0.15) is 0 Å². The first kappa shape index (κ1) is 12.8. The number of hydrogen-bond acceptors (Lipinski definition) is 3. The van der Waals surface area contributed by atoms with E-state index in [1.165, 1.54) is 29.3 Å². The third kappa shape index (κ3) is 3.93. The average Bonchev–Trinajstić information content (AvgIpc) is 2.34. The van der Waals surface area contributed by atoms with Gasteiger partial charge in [0.05, 0.1) is 0 Å². The van der Waals surface area contributed by atoms with Gasteiger partial charge in [-0.15, -0.1) is 0 Å². The maximum atomic E-state index is 3.49. The van der Waals surface area contributed by atoms with Crippen LogP contribution in [0.25, 0.3) is 0 Å². The van der Waals surface area contributed by atoms with Crippen molar-refractivity contribution in [1.29, 1.82) is 0 Å². The Morgan fingerprint density at radius 2 is 2.12 bits per heavy atom. The summed E-state index contributed by atoms with van der Waals surface area (Å²) in [4.78, 5) is 2.58. The molecular weight excluding hydrogens is 228 g/mol. The Kier molecular flexibility index (Phi) is 4.75. The lowest BCUT2D eigenvalue weighted by molar-refractivity contribution is 0.242. The van der Waals surface area contributed by atoms with Gasteiger partial charge in [-0.25, -0.2) is 0 Å². The molecule has 3 heteroatoms. The van der Waals surface area contributed by atoms with Crippen LogP contribution in [-0.4, -0.2) is 42.1 Å². The Labute approximate surface area is 109 Å². The molecule has 1 N–H and O–H groups in total. The number of thioether (sulfide) groups is 1. The molecule has 0 bridgehead atoms. The van der Waals surface area contributed by atoms with E-state index in [9.17, 15) is 0 Å². The number of rotatable bonds is 4. The molecule has 1 aromatic carbocycles. The Morgan fingerprint density at radius 1 is 1.35 bits per heavy atom. The molecule has 0 radical (unpaired) electrons. The first-order valence-electron chi connectivity index (χ1n) is 6.38. The highest BCUT2D eigenvalue weighted by molar-refractivity contribution is 7.99. The lowest BCUT2D eigenvalue weighted by Gasteiger charge is -2.32. The lowest BCUT2D eigenvalue weighted by Crippen LogP contribution is -2.42. The molecule has 2 rings (SSSR count). The summed E-state index contributed by atoms with van der Waals surface area (Å²) < 4.78 is 0. The second kappa shape index (κ2) is 6.31. The summed E-state index contributed by atoms with van der Waals surface area (Å²) in [5, 5.41) is 3.49. The Balaban J connectivity index is 1.73. The largest absolute Gasteiger partial charge is 0.384 e. The highest BCUT2D eigenvalue weighted by Crippen LogP contribution is 2.15. The summed E-state index contributed by atoms with van der Waals surface area (Å²) >= 11 is 2.08. The Morgan fingerprint density at radius 3 is 2.82 bits per heavy atom. The van der Waals surface area contributed by atoms with E-state index >= 15 is 0 Å². The van der Waals surface area contributed by atoms with Crippen molar-refractivity contribution in [3.8, 4) is 0 Å². The van der Waals surface area contributed by atoms with E-state index < -0.39 is 0 Å². The van der Waals surface area contributed by atoms with Gasteiger partial charge in [0.15, 0.2) is 0 Å². The fourth-order valence-corrected chi connectivity index (χ4v) is 3.19. The number of nitrogens with one attached hydrogen (secondary N) is 1. The summed E-state index contributed by atoms with van der Waals surface area (Å²) in [7, 11) is 0. The number of benzene rings is 1. The third-order valence-electron chi connectivity index (χ3n) is 3.28. The molecule has 1 fully saturated rings. The number of nitrogens with zero attached hydrogens (tertiary/aromatic N) is 1. The summed E-state index contributed by atoms with van der Waals surface area (Å²) in [5.41, 5.74) is 2.55. The van der Waals surface area contributed by atoms with Gasteiger partial charge in [-0.3, -0.25) is 4.90 Å². The van der Waals surface area contributed by atoms with Gasteiger partial charge in [0.25, 0.3) is 0 Å². The fourth-order valence-electron chi connectivity index (χ4n) is 2.11. The van der Waals surface area contributed by atoms with Crippen LogP contribution in [-0.2, 0) is 0 Å². The molecule has 1 atom stereocenters. The Bertz CT molecular complexity index is 337. The minimum absolute atomic E-state index is 0.730. The van der Waals surface area contributed by atoms with Crippen molar-refractivity contribution in [2.24, 2.45) is 0 Å². The minimum Gasteiger partial charge on any atom is -0.384 e. The van der Waals surface area contributed by atoms with Crippen molar-refractivity contribution in [3.63, 3.8) is 0 Å². The van der Waals surface area contributed by atoms with Gasteiger partial charge in [0, 0.05) is 42.9 Å². The van der Waals surface area contributed by atoms with Crippen LogP contribution in [0.1, 0.15) is 12.5 Å². The van der Waals surface area contributed by atoms with E-state index in [1.807, 2.05) is 0 Å². The SMILES string of the molecule is Cc1ccc(NCCN2CCSCC2C)cc1. The van der Waals surface area contributed by atoms with Crippen molar-refractivity contribution in [2.75, 3.05) is 36.5 Å². The molecule has 17 heavy (non-hydrogen) atoms. The summed E-state index contributed by atoms with van der Waals surface area (Å²) in [6.07, 6.45) is 0. The number of hydrogen-bond donors (Lipinski definition) is 1. The smallest absolute Gasteiger partial charge is 0.0340 e. The van der Waals surface area contributed by atoms with Crippen LogP contribution in [0.3, 0.4) is 0 Å². The molecule has 0 spiro atoms. The molecule has 94 valence electrons. The van der Waals surface area contributed by atoms with Crippen LogP contribution in [0, 0.1) is 6.92 Å². The highest BCUT2D eigenvalue weighted by atomic mass is 32.2. The molecule has 1 aliphatic rings. The summed E-state index contributed by atoms with van der Waals surface area (Å²) in [6.45, 7) is 7.88. The van der Waals surface area contributed by atoms with Crippen LogP contribution in [0.4, 0.5) is 5.69 Å². The van der Waals surface area contributed by atoms with Gasteiger partial charge in [-0.1, -0.05) is 17.7 Å². The predicted molar refractivity (Wildman–Crippen MR) is 78.0 cm³/mol. The first-order chi connectivity index (χ1) is 8.25. The minimum atomic E-state index is 0.730. The first-order valence-corrected chi connectivity index (χ1v) is 7.53. The van der Waals surface area contributed by atoms with Gasteiger partial charge >= 0.3 is 0 Å². The van der Waals surface area contributed by atoms with Gasteiger partial charge in [-0.05, 0) is 26.0 Å². The van der Waals surface area contributed by atoms with Crippen LogP contribution >= 0.6 is 11.8 Å². The molecule has 1 saturated heterocycles. The van der Waals surface area contributed by atoms with E-state index in [2.05, 4.69) is 60.1 Å². The zero-order valence-corrected chi connectivity index (χ0v) is 11.6. The van der Waals surface area contributed by atoms with E-state index in [4.69, 9.17) is 0 Å². The van der Waals surface area contributed by atoms with Crippen molar-refractivity contribution < 1.29 is 0 Å². The van der Waals surface area contributed by atoms with Crippen LogP contribution in [0.15, 0.2) is 24.3 Å². The monoisotopic (exact) mass is 250 g/mol. The molecule has 1 aliphatic heterocycles. The normalized spacial score (nSPS) is 21.4. The quantitative estimate of drug-likeness (QED) is 0.884. The summed E-state index contributed by atoms with van der Waals surface area (Å²) in [6, 6.07) is 9.36. The molecule has 0 aliphatic carbocycles. The van der Waals surface area contributed by atoms with Crippen LogP contribution in [0.5, 0.6) is 0 Å². The Hall–Kier alpha value is -0.670. The lowest BCUT2D eigenvalue weighted by atomic mass is 10.2. The molecule has 1 heterocycles. The van der Waals surface area contributed by atoms with E-state index in [0.717, 1.165) is 19.1 Å². The number of anilines is 1. The van der Waals surface area contributed by atoms with Crippen LogP contribution in [0.2, 0.25) is 0 Å². The molecule has 0 amide bonds. The van der Waals surface area contributed by atoms with E-state index in [0.29, 0.717) is 0 Å². The zero-order valence-electron chi connectivity index (χ0n) is 10.8. The van der Waals surface area contributed by atoms with Gasteiger partial charge in [0.2, 0.25) is 0 Å². The van der Waals surface area contributed by atoms with Crippen molar-refractivity contribution in [2.45, 2.75) is 19.9 Å². The molecular formula is C14H22N2S. The van der Waals surface area contributed by atoms with Crippen LogP contribution < -0.4 is 5.32 Å². The average molecular weight is 250 g/mol. The topological polar surface area (TPSA) is 15.3 Å². The predicted octanol–water partition coefficient (Wildman–Crippen LogP) is 2.84. The molecule has 1 unspecified atom stereocenters.